The molecular weight excluding hydrogens is 280 g/mol. The van der Waals surface area contributed by atoms with Gasteiger partial charge in [0.1, 0.15) is 11.5 Å². The second-order valence-corrected chi connectivity index (χ2v) is 5.49. The molecule has 0 aliphatic carbocycles. The van der Waals surface area contributed by atoms with Crippen molar-refractivity contribution in [3.05, 3.63) is 60.3 Å². The number of fused-ring (bicyclic) bond motifs is 1. The van der Waals surface area contributed by atoms with Crippen molar-refractivity contribution < 1.29 is 4.74 Å². The Kier molecular flexibility index (Phi) is 4.08. The van der Waals surface area contributed by atoms with Crippen molar-refractivity contribution >= 4 is 22.7 Å². The molecule has 0 aliphatic rings. The van der Waals surface area contributed by atoms with Crippen molar-refractivity contribution in [1.29, 1.82) is 0 Å². The van der Waals surface area contributed by atoms with Gasteiger partial charge in [0.2, 0.25) is 0 Å². The van der Waals surface area contributed by atoms with Gasteiger partial charge in [-0.25, -0.2) is 0 Å². The number of thioether (sulfide) groups is 1. The smallest absolute Gasteiger partial charge is 0.138 e. The number of nitrogens with two attached hydrogens (primary N) is 1. The normalized spacial score (nSPS) is 10.8. The van der Waals surface area contributed by atoms with Gasteiger partial charge in [-0.05, 0) is 42.7 Å². The zero-order chi connectivity index (χ0) is 14.7. The van der Waals surface area contributed by atoms with E-state index in [1.54, 1.807) is 11.8 Å². The molecule has 2 aromatic carbocycles. The third-order valence-electron chi connectivity index (χ3n) is 3.23. The van der Waals surface area contributed by atoms with Crippen LogP contribution in [0.4, 0.5) is 0 Å². The van der Waals surface area contributed by atoms with E-state index in [2.05, 4.69) is 11.2 Å². The molecule has 0 amide bonds. The quantitative estimate of drug-likeness (QED) is 0.733. The molecule has 3 aromatic rings. The van der Waals surface area contributed by atoms with Gasteiger partial charge >= 0.3 is 0 Å². The van der Waals surface area contributed by atoms with Crippen LogP contribution in [0.25, 0.3) is 10.9 Å². The van der Waals surface area contributed by atoms with Gasteiger partial charge in [0.15, 0.2) is 0 Å². The van der Waals surface area contributed by atoms with Crippen molar-refractivity contribution in [2.24, 2.45) is 5.73 Å². The highest BCUT2D eigenvalue weighted by Gasteiger charge is 2.07. The summed E-state index contributed by atoms with van der Waals surface area (Å²) in [5, 5.41) is 0.989. The number of nitrogens with zero attached hydrogens (tertiary/aromatic N) is 1. The molecule has 2 N–H and O–H groups in total. The molecular formula is C17H16N2OS. The molecule has 0 saturated carbocycles. The Morgan fingerprint density at radius 3 is 2.57 bits per heavy atom. The summed E-state index contributed by atoms with van der Waals surface area (Å²) in [6, 6.07) is 17.9. The van der Waals surface area contributed by atoms with E-state index in [1.165, 1.54) is 4.90 Å². The van der Waals surface area contributed by atoms with E-state index in [0.717, 1.165) is 28.1 Å². The Morgan fingerprint density at radius 1 is 1.10 bits per heavy atom. The summed E-state index contributed by atoms with van der Waals surface area (Å²) < 4.78 is 6.03. The standard InChI is InChI=1S/C17H16N2OS/c1-21-14-8-6-13(7-9-14)20-17-10-12(11-18)19-16-5-3-2-4-15(16)17/h2-10H,11,18H2,1H3. The lowest BCUT2D eigenvalue weighted by molar-refractivity contribution is 0.486. The van der Waals surface area contributed by atoms with Crippen molar-refractivity contribution in [3.8, 4) is 11.5 Å². The number of benzene rings is 2. The predicted molar refractivity (Wildman–Crippen MR) is 87.9 cm³/mol. The van der Waals surface area contributed by atoms with Gasteiger partial charge in [0.25, 0.3) is 0 Å². The number of para-hydroxylation sites is 1. The molecule has 3 nitrogen and oxygen atoms in total. The first-order valence-corrected chi connectivity index (χ1v) is 7.93. The Labute approximate surface area is 128 Å². The van der Waals surface area contributed by atoms with Crippen LogP contribution >= 0.6 is 11.8 Å². The molecule has 3 rings (SSSR count). The van der Waals surface area contributed by atoms with Crippen LogP contribution in [-0.2, 0) is 6.54 Å². The lowest BCUT2D eigenvalue weighted by atomic mass is 10.2. The first kappa shape index (κ1) is 13.9. The van der Waals surface area contributed by atoms with Crippen LogP contribution in [0.2, 0.25) is 0 Å². The summed E-state index contributed by atoms with van der Waals surface area (Å²) >= 11 is 1.71. The maximum absolute atomic E-state index is 6.03. The van der Waals surface area contributed by atoms with E-state index in [1.807, 2.05) is 54.6 Å². The molecule has 0 radical (unpaired) electrons. The molecule has 106 valence electrons. The molecule has 4 heteroatoms. The number of rotatable bonds is 4. The minimum atomic E-state index is 0.395. The highest BCUT2D eigenvalue weighted by molar-refractivity contribution is 7.98. The van der Waals surface area contributed by atoms with Gasteiger partial charge < -0.3 is 10.5 Å². The molecule has 0 bridgehead atoms. The summed E-state index contributed by atoms with van der Waals surface area (Å²) in [6.07, 6.45) is 2.06. The van der Waals surface area contributed by atoms with Crippen LogP contribution in [0.3, 0.4) is 0 Å². The van der Waals surface area contributed by atoms with Crippen molar-refractivity contribution in [3.63, 3.8) is 0 Å². The predicted octanol–water partition coefficient (Wildman–Crippen LogP) is 4.21. The Balaban J connectivity index is 2.01. The number of ether oxygens (including phenoxy) is 1. The van der Waals surface area contributed by atoms with E-state index in [0.29, 0.717) is 6.54 Å². The van der Waals surface area contributed by atoms with E-state index >= 15 is 0 Å². The first-order chi connectivity index (χ1) is 10.3. The zero-order valence-corrected chi connectivity index (χ0v) is 12.6. The molecule has 0 aliphatic heterocycles. The van der Waals surface area contributed by atoms with Crippen LogP contribution < -0.4 is 10.5 Å². The molecule has 21 heavy (non-hydrogen) atoms. The lowest BCUT2D eigenvalue weighted by Gasteiger charge is -2.11. The Morgan fingerprint density at radius 2 is 1.86 bits per heavy atom. The largest absolute Gasteiger partial charge is 0.457 e. The van der Waals surface area contributed by atoms with E-state index in [4.69, 9.17) is 10.5 Å². The fourth-order valence-electron chi connectivity index (χ4n) is 2.16. The fourth-order valence-corrected chi connectivity index (χ4v) is 2.56. The fraction of sp³-hybridized carbons (Fsp3) is 0.118. The highest BCUT2D eigenvalue weighted by Crippen LogP contribution is 2.30. The monoisotopic (exact) mass is 296 g/mol. The van der Waals surface area contributed by atoms with Gasteiger partial charge in [0, 0.05) is 22.9 Å². The minimum Gasteiger partial charge on any atom is -0.457 e. The summed E-state index contributed by atoms with van der Waals surface area (Å²) in [6.45, 7) is 0.395. The van der Waals surface area contributed by atoms with Gasteiger partial charge in [0.05, 0.1) is 11.2 Å². The molecule has 0 unspecified atom stereocenters. The third kappa shape index (κ3) is 3.01. The van der Waals surface area contributed by atoms with Crippen LogP contribution in [0.5, 0.6) is 11.5 Å². The second-order valence-electron chi connectivity index (χ2n) is 4.61. The number of hydrogen-bond donors (Lipinski definition) is 1. The number of aromatic nitrogens is 1. The molecule has 0 fully saturated rings. The van der Waals surface area contributed by atoms with Gasteiger partial charge in [-0.3, -0.25) is 4.98 Å². The maximum atomic E-state index is 6.03. The molecule has 1 aromatic heterocycles. The minimum absolute atomic E-state index is 0.395. The van der Waals surface area contributed by atoms with Crippen LogP contribution in [0.15, 0.2) is 59.5 Å². The molecule has 0 spiro atoms. The Bertz CT molecular complexity index is 756. The molecule has 0 atom stereocenters. The second kappa shape index (κ2) is 6.16. The van der Waals surface area contributed by atoms with Gasteiger partial charge in [-0.1, -0.05) is 12.1 Å². The van der Waals surface area contributed by atoms with Crippen molar-refractivity contribution in [2.75, 3.05) is 6.26 Å². The topological polar surface area (TPSA) is 48.1 Å². The van der Waals surface area contributed by atoms with E-state index in [9.17, 15) is 0 Å². The SMILES string of the molecule is CSc1ccc(Oc2cc(CN)nc3ccccc23)cc1. The summed E-state index contributed by atoms with van der Waals surface area (Å²) in [5.41, 5.74) is 7.44. The first-order valence-electron chi connectivity index (χ1n) is 6.71. The maximum Gasteiger partial charge on any atom is 0.138 e. The molecule has 1 heterocycles. The molecule has 0 saturated heterocycles. The summed E-state index contributed by atoms with van der Waals surface area (Å²) in [4.78, 5) is 5.73. The van der Waals surface area contributed by atoms with E-state index < -0.39 is 0 Å². The highest BCUT2D eigenvalue weighted by atomic mass is 32.2. The number of pyridine rings is 1. The van der Waals surface area contributed by atoms with Crippen molar-refractivity contribution in [1.82, 2.24) is 4.98 Å². The Hall–Kier alpha value is -2.04. The summed E-state index contributed by atoms with van der Waals surface area (Å²) in [7, 11) is 0. The van der Waals surface area contributed by atoms with Crippen molar-refractivity contribution in [2.45, 2.75) is 11.4 Å². The average molecular weight is 296 g/mol. The van der Waals surface area contributed by atoms with Crippen LogP contribution in [0.1, 0.15) is 5.69 Å². The lowest BCUT2D eigenvalue weighted by Crippen LogP contribution is -2.00. The zero-order valence-electron chi connectivity index (χ0n) is 11.7. The third-order valence-corrected chi connectivity index (χ3v) is 3.97. The van der Waals surface area contributed by atoms with Gasteiger partial charge in [-0.2, -0.15) is 0 Å². The van der Waals surface area contributed by atoms with Gasteiger partial charge in [-0.15, -0.1) is 11.8 Å². The number of hydrogen-bond acceptors (Lipinski definition) is 4. The average Bonchev–Trinajstić information content (AvgIpc) is 2.55. The van der Waals surface area contributed by atoms with Crippen LogP contribution in [-0.4, -0.2) is 11.2 Å². The summed E-state index contributed by atoms with van der Waals surface area (Å²) in [5.74, 6) is 1.60. The van der Waals surface area contributed by atoms with E-state index in [-0.39, 0.29) is 0 Å². The van der Waals surface area contributed by atoms with Crippen LogP contribution in [0, 0.1) is 0 Å².